The minimum atomic E-state index is -1.30. The van der Waals surface area contributed by atoms with E-state index in [1.807, 2.05) is 0 Å². The van der Waals surface area contributed by atoms with Crippen molar-refractivity contribution in [2.75, 3.05) is 0 Å². The van der Waals surface area contributed by atoms with Crippen LogP contribution in [0.3, 0.4) is 0 Å². The highest BCUT2D eigenvalue weighted by Crippen LogP contribution is 2.23. The molecule has 26 heteroatoms. The SMILES string of the molecule is CCC(O)CC(O)CC(O)CC(O)CC(O)CC(O)CC(O)CC(O)CC(O)CC(O)CC(O)CC(O)CC(O)CC(O)CC(O)CC(O)CC(O)CC(O)CC(O)CC(O)CC(O)CC(O)CC(O)CC(O)CC(O)CC(C)O. The maximum atomic E-state index is 10.5. The molecule has 0 aromatic rings. The topological polar surface area (TPSA) is 526 Å². The van der Waals surface area contributed by atoms with Gasteiger partial charge < -0.3 is 133 Å². The average molecular weight is 1180 g/mol. The van der Waals surface area contributed by atoms with Gasteiger partial charge in [-0.15, -0.1) is 0 Å². The summed E-state index contributed by atoms with van der Waals surface area (Å²) in [4.78, 5) is 0. The van der Waals surface area contributed by atoms with Crippen LogP contribution < -0.4 is 0 Å². The number of hydrogen-bond donors (Lipinski definition) is 26. The lowest BCUT2D eigenvalue weighted by Crippen LogP contribution is -2.32. The van der Waals surface area contributed by atoms with Gasteiger partial charge in [0.1, 0.15) is 0 Å². The first kappa shape index (κ1) is 79.0. The number of rotatable bonds is 51. The second kappa shape index (κ2) is 43.6. The lowest BCUT2D eigenvalue weighted by atomic mass is 9.93. The molecule has 0 aromatic heterocycles. The van der Waals surface area contributed by atoms with E-state index in [2.05, 4.69) is 0 Å². The second-order valence-electron chi connectivity index (χ2n) is 23.5. The zero-order valence-electron chi connectivity index (χ0n) is 47.0. The van der Waals surface area contributed by atoms with Crippen molar-refractivity contribution in [1.29, 1.82) is 0 Å². The van der Waals surface area contributed by atoms with E-state index in [1.165, 1.54) is 6.92 Å². The van der Waals surface area contributed by atoms with Crippen molar-refractivity contribution in [3.8, 4) is 0 Å². The van der Waals surface area contributed by atoms with E-state index in [1.54, 1.807) is 6.92 Å². The zero-order valence-corrected chi connectivity index (χ0v) is 47.0. The lowest BCUT2D eigenvalue weighted by molar-refractivity contribution is -0.0187. The summed E-state index contributed by atoms with van der Waals surface area (Å²) in [5.74, 6) is 0. The lowest BCUT2D eigenvalue weighted by Gasteiger charge is -2.25. The highest BCUT2D eigenvalue weighted by atomic mass is 16.3. The zero-order chi connectivity index (χ0) is 61.4. The minimum Gasteiger partial charge on any atom is -0.393 e. The molecule has 0 amide bonds. The fourth-order valence-corrected chi connectivity index (χ4v) is 10.4. The van der Waals surface area contributed by atoms with Crippen molar-refractivity contribution >= 4 is 0 Å². The van der Waals surface area contributed by atoms with Crippen molar-refractivity contribution < 1.29 is 133 Å². The molecular formula is C54H110O26. The predicted molar refractivity (Wildman–Crippen MR) is 288 cm³/mol. The Morgan fingerprint density at radius 2 is 0.212 bits per heavy atom. The molecular weight excluding hydrogens is 1060 g/mol. The normalized spacial score (nSPS) is 22.5. The van der Waals surface area contributed by atoms with E-state index in [4.69, 9.17) is 0 Å². The Morgan fingerprint density at radius 1 is 0.138 bits per heavy atom. The summed E-state index contributed by atoms with van der Waals surface area (Å²) in [6, 6.07) is 0. The Kier molecular flexibility index (Phi) is 43.0. The van der Waals surface area contributed by atoms with Gasteiger partial charge in [-0.2, -0.15) is 0 Å². The summed E-state index contributed by atoms with van der Waals surface area (Å²) in [5.41, 5.74) is 0. The van der Waals surface area contributed by atoms with Crippen LogP contribution in [0.25, 0.3) is 0 Å². The Morgan fingerprint density at radius 3 is 0.287 bits per heavy atom. The molecule has 0 aliphatic heterocycles. The maximum Gasteiger partial charge on any atom is 0.0589 e. The highest BCUT2D eigenvalue weighted by Gasteiger charge is 2.29. The van der Waals surface area contributed by atoms with Crippen LogP contribution in [0, 0.1) is 0 Å². The Labute approximate surface area is 471 Å². The molecule has 0 aliphatic rings. The summed E-state index contributed by atoms with van der Waals surface area (Å²) >= 11 is 0. The molecule has 0 radical (unpaired) electrons. The molecule has 0 heterocycles. The first-order valence-corrected chi connectivity index (χ1v) is 28.8. The van der Waals surface area contributed by atoms with Crippen molar-refractivity contribution in [2.45, 2.75) is 339 Å². The summed E-state index contributed by atoms with van der Waals surface area (Å²) in [6.07, 6.45) is -36.2. The molecule has 0 aliphatic carbocycles. The average Bonchev–Trinajstić information content (AvgIpc) is 3.23. The standard InChI is InChI=1S/C54H110O26/c1-3-30(56)5-32(58)7-34(60)9-36(62)11-38(64)13-40(66)15-42(68)17-44(70)19-46(72)21-48(74)23-50(76)25-52(78)27-54(80)28-53(79)26-51(77)24-49(75)22-47(73)20-45(71)18-43(69)16-41(67)14-39(65)12-37(63)10-35(61)8-33(59)6-31(57)4-29(2)55/h29-80H,3-28H2,1-2H3. The van der Waals surface area contributed by atoms with Crippen LogP contribution in [0.1, 0.15) is 181 Å². The third-order valence-electron chi connectivity index (χ3n) is 14.1. The van der Waals surface area contributed by atoms with Crippen LogP contribution in [0.2, 0.25) is 0 Å². The van der Waals surface area contributed by atoms with Gasteiger partial charge in [0, 0.05) is 0 Å². The van der Waals surface area contributed by atoms with Crippen LogP contribution in [-0.4, -0.2) is 291 Å². The summed E-state index contributed by atoms with van der Waals surface area (Å²) in [6.45, 7) is 3.22. The first-order valence-electron chi connectivity index (χ1n) is 28.8. The van der Waals surface area contributed by atoms with Crippen molar-refractivity contribution in [3.63, 3.8) is 0 Å². The van der Waals surface area contributed by atoms with Gasteiger partial charge in [0.25, 0.3) is 0 Å². The highest BCUT2D eigenvalue weighted by molar-refractivity contribution is 4.81. The second-order valence-corrected chi connectivity index (χ2v) is 23.5. The van der Waals surface area contributed by atoms with Crippen LogP contribution in [0.15, 0.2) is 0 Å². The maximum absolute atomic E-state index is 10.5. The van der Waals surface area contributed by atoms with Gasteiger partial charge >= 0.3 is 0 Å². The van der Waals surface area contributed by atoms with E-state index >= 15 is 0 Å². The number of hydrogen-bond acceptors (Lipinski definition) is 26. The minimum absolute atomic E-state index is 0.0444. The molecule has 0 spiro atoms. The Balaban J connectivity index is 4.48. The monoisotopic (exact) mass is 1170 g/mol. The van der Waals surface area contributed by atoms with E-state index < -0.39 is 159 Å². The van der Waals surface area contributed by atoms with Gasteiger partial charge in [0.2, 0.25) is 0 Å². The molecule has 0 fully saturated rings. The van der Waals surface area contributed by atoms with Gasteiger partial charge in [0.05, 0.1) is 159 Å². The number of aliphatic hydroxyl groups is 26. The molecule has 80 heavy (non-hydrogen) atoms. The first-order chi connectivity index (χ1) is 37.1. The van der Waals surface area contributed by atoms with Crippen LogP contribution in [0.4, 0.5) is 0 Å². The van der Waals surface area contributed by atoms with E-state index in [0.29, 0.717) is 6.42 Å². The smallest absolute Gasteiger partial charge is 0.0589 e. The summed E-state index contributed by atoms with van der Waals surface area (Å²) in [7, 11) is 0. The molecule has 26 atom stereocenters. The summed E-state index contributed by atoms with van der Waals surface area (Å²) < 4.78 is 0. The fourth-order valence-electron chi connectivity index (χ4n) is 10.4. The fraction of sp³-hybridized carbons (Fsp3) is 1.00. The van der Waals surface area contributed by atoms with Gasteiger partial charge in [-0.25, -0.2) is 0 Å². The van der Waals surface area contributed by atoms with Crippen LogP contribution in [-0.2, 0) is 0 Å². The molecule has 0 saturated heterocycles. The quantitative estimate of drug-likeness (QED) is 0.0270. The molecule has 26 unspecified atom stereocenters. The third kappa shape index (κ3) is 43.6. The van der Waals surface area contributed by atoms with Crippen LogP contribution >= 0.6 is 0 Å². The molecule has 26 nitrogen and oxygen atoms in total. The Bertz CT molecular complexity index is 1460. The third-order valence-corrected chi connectivity index (χ3v) is 14.1. The van der Waals surface area contributed by atoms with Crippen LogP contribution in [0.5, 0.6) is 0 Å². The van der Waals surface area contributed by atoms with Gasteiger partial charge in [-0.1, -0.05) is 6.92 Å². The van der Waals surface area contributed by atoms with E-state index in [9.17, 15) is 133 Å². The summed E-state index contributed by atoms with van der Waals surface area (Å²) in [5, 5.41) is 267. The molecule has 0 saturated carbocycles. The van der Waals surface area contributed by atoms with Gasteiger partial charge in [-0.3, -0.25) is 0 Å². The largest absolute Gasteiger partial charge is 0.393 e. The molecule has 482 valence electrons. The predicted octanol–water partition coefficient (Wildman–Crippen LogP) is -5.45. The van der Waals surface area contributed by atoms with E-state index in [0.717, 1.165) is 0 Å². The van der Waals surface area contributed by atoms with Gasteiger partial charge in [0.15, 0.2) is 0 Å². The molecule has 0 rings (SSSR count). The van der Waals surface area contributed by atoms with Gasteiger partial charge in [-0.05, 0) is 174 Å². The van der Waals surface area contributed by atoms with Crippen molar-refractivity contribution in [1.82, 2.24) is 0 Å². The van der Waals surface area contributed by atoms with Crippen molar-refractivity contribution in [3.05, 3.63) is 0 Å². The molecule has 0 aromatic carbocycles. The Hall–Kier alpha value is -1.04. The van der Waals surface area contributed by atoms with Crippen molar-refractivity contribution in [2.24, 2.45) is 0 Å². The number of aliphatic hydroxyl groups excluding tert-OH is 26. The molecule has 0 bridgehead atoms. The van der Waals surface area contributed by atoms with E-state index in [-0.39, 0.29) is 161 Å². The molecule has 26 N–H and O–H groups in total.